The van der Waals surface area contributed by atoms with Crippen molar-refractivity contribution in [2.75, 3.05) is 33.7 Å². The molecule has 5 heteroatoms. The number of rotatable bonds is 1. The normalized spacial score (nSPS) is 26.3. The number of piperazine rings is 1. The minimum absolute atomic E-state index is 0.241. The number of Topliss-reactive ketones (excluding diaryl/α,β-unsaturated/α-hetero) is 1. The molecule has 0 N–H and O–H groups in total. The highest BCUT2D eigenvalue weighted by atomic mass is 32.1. The number of thiazole rings is 1. The van der Waals surface area contributed by atoms with E-state index in [-0.39, 0.29) is 5.78 Å². The summed E-state index contributed by atoms with van der Waals surface area (Å²) >= 11 is 1.75. The van der Waals surface area contributed by atoms with Crippen molar-refractivity contribution in [3.05, 3.63) is 15.6 Å². The lowest BCUT2D eigenvalue weighted by Gasteiger charge is -2.36. The molecule has 1 fully saturated rings. The number of ketones is 1. The summed E-state index contributed by atoms with van der Waals surface area (Å²) in [6.07, 6.45) is 2.70. The summed E-state index contributed by atoms with van der Waals surface area (Å²) in [5.74, 6) is 0.241. The Morgan fingerprint density at radius 1 is 1.28 bits per heavy atom. The first kappa shape index (κ1) is 12.3. The molecule has 0 radical (unpaired) electrons. The van der Waals surface area contributed by atoms with Crippen molar-refractivity contribution in [1.29, 1.82) is 0 Å². The van der Waals surface area contributed by atoms with Gasteiger partial charge in [-0.2, -0.15) is 0 Å². The predicted molar refractivity (Wildman–Crippen MR) is 72.3 cm³/mol. The molecule has 0 saturated carbocycles. The zero-order valence-corrected chi connectivity index (χ0v) is 11.8. The van der Waals surface area contributed by atoms with Crippen LogP contribution >= 0.6 is 11.3 Å². The van der Waals surface area contributed by atoms with Crippen molar-refractivity contribution in [3.8, 4) is 0 Å². The van der Waals surface area contributed by atoms with Gasteiger partial charge >= 0.3 is 0 Å². The van der Waals surface area contributed by atoms with Crippen LogP contribution in [0.2, 0.25) is 0 Å². The van der Waals surface area contributed by atoms with Gasteiger partial charge in [0.2, 0.25) is 0 Å². The zero-order chi connectivity index (χ0) is 12.7. The van der Waals surface area contributed by atoms with Crippen LogP contribution in [0.15, 0.2) is 0 Å². The first-order chi connectivity index (χ1) is 8.65. The summed E-state index contributed by atoms with van der Waals surface area (Å²) in [5, 5.41) is 1.13. The molecule has 1 unspecified atom stereocenters. The lowest BCUT2D eigenvalue weighted by molar-refractivity contribution is 0.0965. The Kier molecular flexibility index (Phi) is 3.21. The third kappa shape index (κ3) is 2.11. The quantitative estimate of drug-likeness (QED) is 0.772. The summed E-state index contributed by atoms with van der Waals surface area (Å²) in [7, 11) is 4.30. The average Bonchev–Trinajstić information content (AvgIpc) is 2.77. The van der Waals surface area contributed by atoms with E-state index in [2.05, 4.69) is 28.9 Å². The Morgan fingerprint density at radius 2 is 2.11 bits per heavy atom. The van der Waals surface area contributed by atoms with E-state index in [0.717, 1.165) is 43.2 Å². The van der Waals surface area contributed by atoms with Crippen LogP contribution in [0.4, 0.5) is 0 Å². The van der Waals surface area contributed by atoms with Gasteiger partial charge in [-0.15, -0.1) is 11.3 Å². The Labute approximate surface area is 112 Å². The van der Waals surface area contributed by atoms with Crippen LogP contribution in [0.5, 0.6) is 0 Å². The van der Waals surface area contributed by atoms with Crippen molar-refractivity contribution in [2.24, 2.45) is 0 Å². The first-order valence-corrected chi connectivity index (χ1v) is 7.38. The van der Waals surface area contributed by atoms with Gasteiger partial charge in [0.05, 0.1) is 6.04 Å². The molecule has 98 valence electrons. The number of hydrogen-bond acceptors (Lipinski definition) is 5. The highest BCUT2D eigenvalue weighted by Crippen LogP contribution is 2.33. The van der Waals surface area contributed by atoms with E-state index in [9.17, 15) is 4.79 Å². The number of aryl methyl sites for hydroxylation is 1. The Morgan fingerprint density at radius 3 is 2.89 bits per heavy atom. The maximum atomic E-state index is 11.8. The predicted octanol–water partition coefficient (Wildman–Crippen LogP) is 1.58. The number of carbonyl (C=O) groups excluding carboxylic acids is 1. The van der Waals surface area contributed by atoms with Crippen molar-refractivity contribution in [2.45, 2.75) is 25.3 Å². The van der Waals surface area contributed by atoms with Gasteiger partial charge in [-0.05, 0) is 26.9 Å². The van der Waals surface area contributed by atoms with Crippen molar-refractivity contribution in [1.82, 2.24) is 14.8 Å². The van der Waals surface area contributed by atoms with Crippen LogP contribution < -0.4 is 0 Å². The molecule has 2 heterocycles. The van der Waals surface area contributed by atoms with Crippen LogP contribution in [0.1, 0.15) is 39.3 Å². The van der Waals surface area contributed by atoms with Gasteiger partial charge in [-0.25, -0.2) is 4.98 Å². The van der Waals surface area contributed by atoms with Gasteiger partial charge in [-0.1, -0.05) is 0 Å². The maximum Gasteiger partial charge on any atom is 0.182 e. The molecule has 0 bridgehead atoms. The average molecular weight is 265 g/mol. The first-order valence-electron chi connectivity index (χ1n) is 6.56. The lowest BCUT2D eigenvalue weighted by Crippen LogP contribution is -2.44. The second-order valence-electron chi connectivity index (χ2n) is 5.36. The van der Waals surface area contributed by atoms with E-state index in [4.69, 9.17) is 0 Å². The standard InChI is InChI=1S/C13H19N3OS/c1-15-6-7-16(2)9(8-15)13-14-12-10(17)4-3-5-11(12)18-13/h9H,3-8H2,1-2H3. The monoisotopic (exact) mass is 265 g/mol. The summed E-state index contributed by atoms with van der Waals surface area (Å²) in [6.45, 7) is 3.19. The number of hydrogen-bond donors (Lipinski definition) is 0. The fourth-order valence-electron chi connectivity index (χ4n) is 2.70. The highest BCUT2D eigenvalue weighted by Gasteiger charge is 2.30. The highest BCUT2D eigenvalue weighted by molar-refractivity contribution is 7.12. The molecule has 1 aliphatic carbocycles. The number of nitrogens with zero attached hydrogens (tertiary/aromatic N) is 3. The molecule has 1 saturated heterocycles. The van der Waals surface area contributed by atoms with Crippen LogP contribution in [0, 0.1) is 0 Å². The van der Waals surface area contributed by atoms with Crippen LogP contribution in [0.3, 0.4) is 0 Å². The van der Waals surface area contributed by atoms with Crippen LogP contribution in [-0.4, -0.2) is 54.3 Å². The minimum atomic E-state index is 0.241. The third-order valence-corrected chi connectivity index (χ3v) is 5.14. The second-order valence-corrected chi connectivity index (χ2v) is 6.47. The largest absolute Gasteiger partial charge is 0.303 e. The summed E-state index contributed by atoms with van der Waals surface area (Å²) in [5.41, 5.74) is 0.767. The van der Waals surface area contributed by atoms with Crippen LogP contribution in [0.25, 0.3) is 0 Å². The number of likely N-dealkylation sites (N-methyl/N-ethyl adjacent to an activating group) is 2. The van der Waals surface area contributed by atoms with Crippen LogP contribution in [-0.2, 0) is 6.42 Å². The van der Waals surface area contributed by atoms with Gasteiger partial charge < -0.3 is 4.90 Å². The molecule has 1 aromatic rings. The van der Waals surface area contributed by atoms with E-state index in [1.807, 2.05) is 0 Å². The number of carbonyl (C=O) groups is 1. The Bertz CT molecular complexity index is 471. The third-order valence-electron chi connectivity index (χ3n) is 3.92. The van der Waals surface area contributed by atoms with E-state index >= 15 is 0 Å². The van der Waals surface area contributed by atoms with Gasteiger partial charge in [0.15, 0.2) is 5.78 Å². The molecule has 1 aliphatic heterocycles. The fourth-order valence-corrected chi connectivity index (χ4v) is 3.99. The van der Waals surface area contributed by atoms with Crippen molar-refractivity contribution < 1.29 is 4.79 Å². The van der Waals surface area contributed by atoms with E-state index < -0.39 is 0 Å². The Hall–Kier alpha value is -0.780. The van der Waals surface area contributed by atoms with Crippen molar-refractivity contribution in [3.63, 3.8) is 0 Å². The molecule has 2 aliphatic rings. The molecule has 1 aromatic heterocycles. The minimum Gasteiger partial charge on any atom is -0.303 e. The van der Waals surface area contributed by atoms with Gasteiger partial charge in [0.25, 0.3) is 0 Å². The van der Waals surface area contributed by atoms with Gasteiger partial charge in [0, 0.05) is 30.9 Å². The molecular weight excluding hydrogens is 246 g/mol. The van der Waals surface area contributed by atoms with E-state index in [0.29, 0.717) is 12.5 Å². The van der Waals surface area contributed by atoms with Gasteiger partial charge in [-0.3, -0.25) is 9.69 Å². The molecular formula is C13H19N3OS. The second kappa shape index (κ2) is 4.72. The maximum absolute atomic E-state index is 11.8. The molecule has 4 nitrogen and oxygen atoms in total. The summed E-state index contributed by atoms with van der Waals surface area (Å²) < 4.78 is 0. The van der Waals surface area contributed by atoms with E-state index in [1.54, 1.807) is 11.3 Å². The Balaban J connectivity index is 1.90. The molecule has 3 rings (SSSR count). The zero-order valence-electron chi connectivity index (χ0n) is 11.0. The number of fused-ring (bicyclic) bond motifs is 1. The SMILES string of the molecule is CN1CCN(C)C(c2nc3c(s2)CCCC3=O)C1. The molecule has 0 amide bonds. The topological polar surface area (TPSA) is 36.4 Å². The van der Waals surface area contributed by atoms with Crippen molar-refractivity contribution >= 4 is 17.1 Å². The molecule has 18 heavy (non-hydrogen) atoms. The lowest BCUT2D eigenvalue weighted by atomic mass is 10.0. The summed E-state index contributed by atoms with van der Waals surface area (Å²) in [6, 6.07) is 0.354. The smallest absolute Gasteiger partial charge is 0.182 e. The fraction of sp³-hybridized carbons (Fsp3) is 0.692. The summed E-state index contributed by atoms with van der Waals surface area (Å²) in [4.78, 5) is 22.4. The van der Waals surface area contributed by atoms with E-state index in [1.165, 1.54) is 4.88 Å². The molecule has 0 aromatic carbocycles. The molecule has 1 atom stereocenters. The molecule has 0 spiro atoms. The number of aromatic nitrogens is 1. The van der Waals surface area contributed by atoms with Gasteiger partial charge in [0.1, 0.15) is 10.7 Å².